The summed E-state index contributed by atoms with van der Waals surface area (Å²) in [6.45, 7) is 2.19. The van der Waals surface area contributed by atoms with Gasteiger partial charge in [-0.25, -0.2) is 0 Å². The zero-order chi connectivity index (χ0) is 25.9. The van der Waals surface area contributed by atoms with Gasteiger partial charge in [-0.3, -0.25) is 0 Å². The van der Waals surface area contributed by atoms with Crippen LogP contribution in [0.15, 0.2) is 63.9 Å². The van der Waals surface area contributed by atoms with Gasteiger partial charge in [-0.2, -0.15) is 0 Å². The molecule has 3 atom stereocenters. The van der Waals surface area contributed by atoms with Gasteiger partial charge in [-0.05, 0) is 67.6 Å². The normalized spacial score (nSPS) is 21.4. The molecule has 2 N–H and O–H groups in total. The topological polar surface area (TPSA) is 94.6 Å². The summed E-state index contributed by atoms with van der Waals surface area (Å²) in [6.07, 6.45) is 6.72. The van der Waals surface area contributed by atoms with Gasteiger partial charge in [0.15, 0.2) is 11.5 Å². The van der Waals surface area contributed by atoms with Gasteiger partial charge < -0.3 is 29.2 Å². The summed E-state index contributed by atoms with van der Waals surface area (Å²) in [5.74, 6) is 1.56. The minimum Gasteiger partial charge on any atom is -0.372 e. The number of nitrogens with one attached hydrogen (secondary N) is 2. The number of nitrogens with zero attached hydrogens (tertiary/aromatic N) is 2. The lowest BCUT2D eigenvalue weighted by molar-refractivity contribution is -0.0124. The molecule has 6 rings (SSSR count). The number of benzene rings is 2. The van der Waals surface area contributed by atoms with E-state index in [0.29, 0.717) is 6.54 Å². The molecule has 8 nitrogen and oxygen atoms in total. The fraction of sp³-hybridized carbons (Fsp3) is 0.400. The maximum atomic E-state index is 6.96. The SMILES string of the molecule is CNC[C@@H]1OCCCc2c1ccc(C1CCc3c(-c4ccno4)cccc3[C@@H](CNC)O1)c2-c1ccno1. The molecule has 0 spiro atoms. The minimum atomic E-state index is -0.124. The fourth-order valence-electron chi connectivity index (χ4n) is 6.03. The van der Waals surface area contributed by atoms with E-state index < -0.39 is 0 Å². The fourth-order valence-corrected chi connectivity index (χ4v) is 6.03. The Bertz CT molecular complexity index is 1350. The Hall–Kier alpha value is -3.30. The van der Waals surface area contributed by atoms with E-state index in [0.717, 1.165) is 67.0 Å². The van der Waals surface area contributed by atoms with E-state index in [9.17, 15) is 0 Å². The molecule has 38 heavy (non-hydrogen) atoms. The van der Waals surface area contributed by atoms with Crippen LogP contribution in [0.2, 0.25) is 0 Å². The Labute approximate surface area is 222 Å². The first-order valence-electron chi connectivity index (χ1n) is 13.4. The number of rotatable bonds is 7. The van der Waals surface area contributed by atoms with Crippen molar-refractivity contribution in [2.24, 2.45) is 0 Å². The van der Waals surface area contributed by atoms with Crippen molar-refractivity contribution in [3.8, 4) is 22.6 Å². The Balaban J connectivity index is 1.45. The number of ether oxygens (including phenoxy) is 2. The van der Waals surface area contributed by atoms with Crippen LogP contribution in [0.3, 0.4) is 0 Å². The van der Waals surface area contributed by atoms with E-state index in [1.807, 2.05) is 26.2 Å². The second kappa shape index (κ2) is 11.2. The summed E-state index contributed by atoms with van der Waals surface area (Å²) in [7, 11) is 3.93. The Morgan fingerprint density at radius 1 is 0.789 bits per heavy atom. The van der Waals surface area contributed by atoms with E-state index in [1.54, 1.807) is 12.4 Å². The Kier molecular flexibility index (Phi) is 7.38. The molecule has 1 unspecified atom stereocenters. The molecular formula is C30H34N4O4. The molecule has 0 radical (unpaired) electrons. The molecule has 2 aromatic heterocycles. The van der Waals surface area contributed by atoms with E-state index >= 15 is 0 Å². The van der Waals surface area contributed by atoms with Gasteiger partial charge in [-0.1, -0.05) is 40.6 Å². The molecule has 2 aromatic carbocycles. The Morgan fingerprint density at radius 3 is 2.29 bits per heavy atom. The molecule has 4 aromatic rings. The largest absolute Gasteiger partial charge is 0.372 e. The average Bonchev–Trinajstić information content (AvgIpc) is 3.60. The number of aromatic nitrogens is 2. The van der Waals surface area contributed by atoms with Crippen molar-refractivity contribution in [3.63, 3.8) is 0 Å². The quantitative estimate of drug-likeness (QED) is 0.348. The van der Waals surface area contributed by atoms with Crippen molar-refractivity contribution in [2.45, 2.75) is 44.0 Å². The summed E-state index contributed by atoms with van der Waals surface area (Å²) >= 11 is 0. The molecule has 4 heterocycles. The van der Waals surface area contributed by atoms with Gasteiger partial charge in [0.25, 0.3) is 0 Å². The molecule has 0 saturated heterocycles. The van der Waals surface area contributed by atoms with Crippen LogP contribution in [0, 0.1) is 0 Å². The van der Waals surface area contributed by atoms with Gasteiger partial charge in [-0.15, -0.1) is 0 Å². The van der Waals surface area contributed by atoms with Crippen molar-refractivity contribution in [1.82, 2.24) is 20.9 Å². The van der Waals surface area contributed by atoms with E-state index in [4.69, 9.17) is 18.5 Å². The summed E-state index contributed by atoms with van der Waals surface area (Å²) < 4.78 is 24.5. The molecule has 0 amide bonds. The third kappa shape index (κ3) is 4.69. The number of hydrogen-bond donors (Lipinski definition) is 2. The zero-order valence-electron chi connectivity index (χ0n) is 21.9. The summed E-state index contributed by atoms with van der Waals surface area (Å²) in [5, 5.41) is 14.6. The first-order valence-corrected chi connectivity index (χ1v) is 13.4. The van der Waals surface area contributed by atoms with Crippen LogP contribution in [-0.2, 0) is 22.3 Å². The van der Waals surface area contributed by atoms with Crippen LogP contribution in [0.25, 0.3) is 22.6 Å². The van der Waals surface area contributed by atoms with Crippen molar-refractivity contribution in [1.29, 1.82) is 0 Å². The van der Waals surface area contributed by atoms with E-state index in [-0.39, 0.29) is 18.3 Å². The zero-order valence-corrected chi connectivity index (χ0v) is 21.9. The van der Waals surface area contributed by atoms with Crippen LogP contribution < -0.4 is 10.6 Å². The highest BCUT2D eigenvalue weighted by atomic mass is 16.5. The van der Waals surface area contributed by atoms with E-state index in [2.05, 4.69) is 51.3 Å². The number of hydrogen-bond acceptors (Lipinski definition) is 8. The predicted octanol–water partition coefficient (Wildman–Crippen LogP) is 5.18. The minimum absolute atomic E-state index is 0.00553. The lowest BCUT2D eigenvalue weighted by atomic mass is 9.86. The summed E-state index contributed by atoms with van der Waals surface area (Å²) in [6, 6.07) is 14.7. The van der Waals surface area contributed by atoms with Gasteiger partial charge in [0.2, 0.25) is 0 Å². The highest BCUT2D eigenvalue weighted by Gasteiger charge is 2.32. The molecule has 2 aliphatic heterocycles. The monoisotopic (exact) mass is 514 g/mol. The first-order chi connectivity index (χ1) is 18.8. The van der Waals surface area contributed by atoms with Gasteiger partial charge in [0.05, 0.1) is 30.7 Å². The van der Waals surface area contributed by atoms with Crippen molar-refractivity contribution >= 4 is 0 Å². The average molecular weight is 515 g/mol. The maximum absolute atomic E-state index is 6.96. The predicted molar refractivity (Wildman–Crippen MR) is 144 cm³/mol. The van der Waals surface area contributed by atoms with Crippen LogP contribution in [0.1, 0.15) is 59.0 Å². The summed E-state index contributed by atoms with van der Waals surface area (Å²) in [5.41, 5.74) is 8.24. The summed E-state index contributed by atoms with van der Waals surface area (Å²) in [4.78, 5) is 0. The van der Waals surface area contributed by atoms with Crippen molar-refractivity contribution < 1.29 is 18.5 Å². The molecule has 0 fully saturated rings. The van der Waals surface area contributed by atoms with E-state index in [1.165, 1.54) is 22.3 Å². The molecule has 8 heteroatoms. The van der Waals surface area contributed by atoms with Gasteiger partial charge >= 0.3 is 0 Å². The highest BCUT2D eigenvalue weighted by molar-refractivity contribution is 5.70. The molecule has 0 aliphatic carbocycles. The van der Waals surface area contributed by atoms with Gasteiger partial charge in [0.1, 0.15) is 0 Å². The number of fused-ring (bicyclic) bond motifs is 2. The third-order valence-corrected chi connectivity index (χ3v) is 7.68. The van der Waals surface area contributed by atoms with Crippen LogP contribution in [0.4, 0.5) is 0 Å². The van der Waals surface area contributed by atoms with Crippen LogP contribution in [-0.4, -0.2) is 44.1 Å². The second-order valence-electron chi connectivity index (χ2n) is 9.95. The molecule has 198 valence electrons. The van der Waals surface area contributed by atoms with Crippen LogP contribution >= 0.6 is 0 Å². The maximum Gasteiger partial charge on any atom is 0.167 e. The third-order valence-electron chi connectivity index (χ3n) is 7.68. The van der Waals surface area contributed by atoms with Gasteiger partial charge in [0, 0.05) is 43.0 Å². The standard InChI is InChI=1S/C30H34N4O4/c1-31-17-28-22-8-9-24(30(27-13-15-34-38-27)23(22)7-4-16-35-28)25-11-10-19-20(26-12-14-33-37-26)5-3-6-21(19)29(36-25)18-32-2/h3,5-6,8-9,12-15,25,28-29,31-32H,4,7,10-11,16-18H2,1-2H3/t25?,28-,29+/m0/s1. The smallest absolute Gasteiger partial charge is 0.167 e. The van der Waals surface area contributed by atoms with Crippen LogP contribution in [0.5, 0.6) is 0 Å². The van der Waals surface area contributed by atoms with Crippen molar-refractivity contribution in [2.75, 3.05) is 33.8 Å². The number of likely N-dealkylation sites (N-methyl/N-ethyl adjacent to an activating group) is 2. The van der Waals surface area contributed by atoms with Crippen molar-refractivity contribution in [3.05, 3.63) is 82.7 Å². The molecule has 0 saturated carbocycles. The highest BCUT2D eigenvalue weighted by Crippen LogP contribution is 2.45. The molecule has 2 aliphatic rings. The molecule has 0 bridgehead atoms. The lowest BCUT2D eigenvalue weighted by Crippen LogP contribution is -2.22. The first kappa shape index (κ1) is 25.0. The molecular weight excluding hydrogens is 480 g/mol. The second-order valence-corrected chi connectivity index (χ2v) is 9.95. The Morgan fingerprint density at radius 2 is 1.53 bits per heavy atom. The lowest BCUT2D eigenvalue weighted by Gasteiger charge is -2.27.